The number of nitrogens with zero attached hydrogens (tertiary/aromatic N) is 1. The molecule has 0 saturated carbocycles. The van der Waals surface area contributed by atoms with Crippen molar-refractivity contribution >= 4 is 21.6 Å². The van der Waals surface area contributed by atoms with E-state index in [1.165, 1.54) is 0 Å². The second-order valence-electron chi connectivity index (χ2n) is 5.08. The molecule has 19 heavy (non-hydrogen) atoms. The fourth-order valence-electron chi connectivity index (χ4n) is 2.13. The number of nitrogen functional groups attached to an aromatic ring is 1. The van der Waals surface area contributed by atoms with Crippen LogP contribution in [0.2, 0.25) is 0 Å². The molecule has 106 valence electrons. The highest BCUT2D eigenvalue weighted by Crippen LogP contribution is 2.27. The van der Waals surface area contributed by atoms with Crippen molar-refractivity contribution in [2.45, 2.75) is 26.0 Å². The highest BCUT2D eigenvalue weighted by Gasteiger charge is 2.22. The number of morpholine rings is 1. The van der Waals surface area contributed by atoms with Crippen LogP contribution in [0.4, 0.5) is 5.69 Å². The molecule has 1 aromatic rings. The topological polar surface area (TPSA) is 47.7 Å². The predicted octanol–water partition coefficient (Wildman–Crippen LogP) is 2.52. The number of anilines is 1. The van der Waals surface area contributed by atoms with Gasteiger partial charge in [-0.05, 0) is 41.9 Å². The molecule has 0 aliphatic carbocycles. The zero-order valence-corrected chi connectivity index (χ0v) is 13.0. The molecule has 1 fully saturated rings. The van der Waals surface area contributed by atoms with Crippen LogP contribution in [0.3, 0.4) is 0 Å². The second-order valence-corrected chi connectivity index (χ2v) is 5.94. The number of hydrogen-bond donors (Lipinski definition) is 1. The molecule has 0 radical (unpaired) electrons. The number of ether oxygens (including phenoxy) is 2. The van der Waals surface area contributed by atoms with Crippen molar-refractivity contribution in [2.24, 2.45) is 0 Å². The summed E-state index contributed by atoms with van der Waals surface area (Å²) < 4.78 is 12.5. The van der Waals surface area contributed by atoms with Crippen molar-refractivity contribution in [3.8, 4) is 5.75 Å². The Morgan fingerprint density at radius 3 is 3.05 bits per heavy atom. The minimum Gasteiger partial charge on any atom is -0.490 e. The molecule has 1 aromatic carbocycles. The number of rotatable bonds is 4. The highest BCUT2D eigenvalue weighted by atomic mass is 79.9. The normalized spacial score (nSPS) is 20.7. The first-order valence-electron chi connectivity index (χ1n) is 6.59. The van der Waals surface area contributed by atoms with Crippen LogP contribution in [-0.4, -0.2) is 43.3 Å². The summed E-state index contributed by atoms with van der Waals surface area (Å²) in [7, 11) is 0. The van der Waals surface area contributed by atoms with Crippen LogP contribution in [0.1, 0.15) is 13.8 Å². The summed E-state index contributed by atoms with van der Waals surface area (Å²) >= 11 is 3.46. The van der Waals surface area contributed by atoms with E-state index in [2.05, 4.69) is 34.7 Å². The molecule has 5 heteroatoms. The predicted molar refractivity (Wildman–Crippen MR) is 80.5 cm³/mol. The third kappa shape index (κ3) is 4.09. The largest absolute Gasteiger partial charge is 0.490 e. The van der Waals surface area contributed by atoms with Gasteiger partial charge in [-0.1, -0.05) is 0 Å². The van der Waals surface area contributed by atoms with Crippen LogP contribution in [-0.2, 0) is 4.74 Å². The van der Waals surface area contributed by atoms with Crippen LogP contribution in [0, 0.1) is 0 Å². The summed E-state index contributed by atoms with van der Waals surface area (Å²) in [5.41, 5.74) is 6.46. The molecular weight excluding hydrogens is 308 g/mol. The third-order valence-corrected chi connectivity index (χ3v) is 3.94. The van der Waals surface area contributed by atoms with Gasteiger partial charge in [0.05, 0.1) is 11.1 Å². The summed E-state index contributed by atoms with van der Waals surface area (Å²) in [6.07, 6.45) is 0.115. The third-order valence-electron chi connectivity index (χ3n) is 3.28. The molecule has 4 nitrogen and oxygen atoms in total. The molecule has 2 rings (SSSR count). The van der Waals surface area contributed by atoms with E-state index in [1.54, 1.807) is 0 Å². The maximum Gasteiger partial charge on any atom is 0.135 e. The van der Waals surface area contributed by atoms with E-state index >= 15 is 0 Å². The molecule has 1 saturated heterocycles. The monoisotopic (exact) mass is 328 g/mol. The van der Waals surface area contributed by atoms with Gasteiger partial charge in [0.2, 0.25) is 0 Å². The summed E-state index contributed by atoms with van der Waals surface area (Å²) in [6, 6.07) is 6.11. The van der Waals surface area contributed by atoms with Gasteiger partial charge in [0, 0.05) is 30.9 Å². The SMILES string of the molecule is CC(C)N1CCOC(COc2cc(N)ccc2Br)C1. The molecular formula is C14H21BrN2O2. The Hall–Kier alpha value is -0.780. The molecule has 0 amide bonds. The summed E-state index contributed by atoms with van der Waals surface area (Å²) in [5.74, 6) is 0.769. The van der Waals surface area contributed by atoms with Gasteiger partial charge >= 0.3 is 0 Å². The summed E-state index contributed by atoms with van der Waals surface area (Å²) in [6.45, 7) is 7.64. The average Bonchev–Trinajstić information content (AvgIpc) is 2.40. The lowest BCUT2D eigenvalue weighted by Gasteiger charge is -2.35. The lowest BCUT2D eigenvalue weighted by molar-refractivity contribution is -0.0565. The van der Waals surface area contributed by atoms with Crippen molar-refractivity contribution in [3.63, 3.8) is 0 Å². The maximum atomic E-state index is 5.81. The average molecular weight is 329 g/mol. The number of nitrogens with two attached hydrogens (primary N) is 1. The van der Waals surface area contributed by atoms with E-state index in [0.29, 0.717) is 18.3 Å². The lowest BCUT2D eigenvalue weighted by Crippen LogP contribution is -2.47. The van der Waals surface area contributed by atoms with E-state index in [9.17, 15) is 0 Å². The smallest absolute Gasteiger partial charge is 0.135 e. The Morgan fingerprint density at radius 1 is 1.53 bits per heavy atom. The molecule has 1 heterocycles. The summed E-state index contributed by atoms with van der Waals surface area (Å²) in [5, 5.41) is 0. The van der Waals surface area contributed by atoms with Crippen LogP contribution >= 0.6 is 15.9 Å². The van der Waals surface area contributed by atoms with E-state index < -0.39 is 0 Å². The van der Waals surface area contributed by atoms with Crippen molar-refractivity contribution in [1.82, 2.24) is 4.90 Å². The van der Waals surface area contributed by atoms with Gasteiger partial charge in [-0.2, -0.15) is 0 Å². The number of benzene rings is 1. The zero-order chi connectivity index (χ0) is 13.8. The zero-order valence-electron chi connectivity index (χ0n) is 11.4. The number of halogens is 1. The van der Waals surface area contributed by atoms with Gasteiger partial charge in [-0.25, -0.2) is 0 Å². The minimum atomic E-state index is 0.115. The fraction of sp³-hybridized carbons (Fsp3) is 0.571. The van der Waals surface area contributed by atoms with E-state index in [0.717, 1.165) is 29.9 Å². The second kappa shape index (κ2) is 6.59. The highest BCUT2D eigenvalue weighted by molar-refractivity contribution is 9.10. The van der Waals surface area contributed by atoms with E-state index in [-0.39, 0.29) is 6.10 Å². The van der Waals surface area contributed by atoms with E-state index in [4.69, 9.17) is 15.2 Å². The van der Waals surface area contributed by atoms with Crippen LogP contribution in [0.15, 0.2) is 22.7 Å². The molecule has 1 unspecified atom stereocenters. The molecule has 0 spiro atoms. The van der Waals surface area contributed by atoms with Crippen LogP contribution in [0.5, 0.6) is 5.75 Å². The standard InChI is InChI=1S/C14H21BrN2O2/c1-10(2)17-5-6-18-12(8-17)9-19-14-7-11(16)3-4-13(14)15/h3-4,7,10,12H,5-6,8-9,16H2,1-2H3. The van der Waals surface area contributed by atoms with Gasteiger partial charge in [0.1, 0.15) is 18.5 Å². The molecule has 1 aliphatic rings. The molecule has 0 bridgehead atoms. The van der Waals surface area contributed by atoms with Crippen molar-refractivity contribution in [2.75, 3.05) is 32.0 Å². The Balaban J connectivity index is 1.89. The maximum absolute atomic E-state index is 5.81. The van der Waals surface area contributed by atoms with Gasteiger partial charge in [-0.15, -0.1) is 0 Å². The first-order chi connectivity index (χ1) is 9.06. The van der Waals surface area contributed by atoms with Gasteiger partial charge < -0.3 is 15.2 Å². The lowest BCUT2D eigenvalue weighted by atomic mass is 10.2. The van der Waals surface area contributed by atoms with Crippen LogP contribution < -0.4 is 10.5 Å². The number of hydrogen-bond acceptors (Lipinski definition) is 4. The Morgan fingerprint density at radius 2 is 2.32 bits per heavy atom. The van der Waals surface area contributed by atoms with Gasteiger partial charge in [0.15, 0.2) is 0 Å². The van der Waals surface area contributed by atoms with Crippen LogP contribution in [0.25, 0.3) is 0 Å². The quantitative estimate of drug-likeness (QED) is 0.863. The van der Waals surface area contributed by atoms with Crippen molar-refractivity contribution < 1.29 is 9.47 Å². The summed E-state index contributed by atoms with van der Waals surface area (Å²) in [4.78, 5) is 2.41. The Bertz CT molecular complexity index is 426. The van der Waals surface area contributed by atoms with Gasteiger partial charge in [-0.3, -0.25) is 4.90 Å². The van der Waals surface area contributed by atoms with Crippen molar-refractivity contribution in [3.05, 3.63) is 22.7 Å². The van der Waals surface area contributed by atoms with Crippen molar-refractivity contribution in [1.29, 1.82) is 0 Å². The molecule has 0 aromatic heterocycles. The first-order valence-corrected chi connectivity index (χ1v) is 7.39. The first kappa shape index (κ1) is 14.6. The molecule has 1 aliphatic heterocycles. The molecule has 2 N–H and O–H groups in total. The minimum absolute atomic E-state index is 0.115. The Labute approximate surface area is 123 Å². The molecule has 1 atom stereocenters. The fourth-order valence-corrected chi connectivity index (χ4v) is 2.49. The van der Waals surface area contributed by atoms with Gasteiger partial charge in [0.25, 0.3) is 0 Å². The Kier molecular flexibility index (Phi) is 5.07. The van der Waals surface area contributed by atoms with E-state index in [1.807, 2.05) is 18.2 Å².